The predicted octanol–water partition coefficient (Wildman–Crippen LogP) is 0.451. The molecule has 5 nitrogen and oxygen atoms in total. The maximum Gasteiger partial charge on any atom is 0.242 e. The number of rotatable bonds is 5. The lowest BCUT2D eigenvalue weighted by Crippen LogP contribution is -2.33. The number of nitrogens with two attached hydrogens (primary N) is 1. The molecule has 1 aromatic rings. The lowest BCUT2D eigenvalue weighted by atomic mass is 10.3. The lowest BCUT2D eigenvalue weighted by Gasteiger charge is -2.19. The van der Waals surface area contributed by atoms with E-state index in [4.69, 9.17) is 5.73 Å². The maximum absolute atomic E-state index is 12.1. The van der Waals surface area contributed by atoms with Crippen LogP contribution < -0.4 is 5.73 Å². The molecule has 0 atom stereocenters. The van der Waals surface area contributed by atoms with Crippen LogP contribution >= 0.6 is 0 Å². The molecule has 0 unspecified atom stereocenters. The third-order valence-corrected chi connectivity index (χ3v) is 4.32. The van der Waals surface area contributed by atoms with Gasteiger partial charge in [0.05, 0.1) is 4.90 Å². The quantitative estimate of drug-likeness (QED) is 0.778. The van der Waals surface area contributed by atoms with E-state index in [1.54, 1.807) is 19.2 Å². The standard InChI is InChI=1S/C11H19N3O2S/c1-13(2)8-9-14(3)17(15,16)11-6-4-10(12)5-7-11/h4-7H,8-9,12H2,1-3H3. The van der Waals surface area contributed by atoms with Gasteiger partial charge in [-0.2, -0.15) is 4.31 Å². The van der Waals surface area contributed by atoms with Crippen LogP contribution in [0.5, 0.6) is 0 Å². The Balaban J connectivity index is 2.84. The summed E-state index contributed by atoms with van der Waals surface area (Å²) in [7, 11) is 1.99. The van der Waals surface area contributed by atoms with Crippen molar-refractivity contribution in [1.29, 1.82) is 0 Å². The Bertz CT molecular complexity index is 454. The molecular formula is C11H19N3O2S. The van der Waals surface area contributed by atoms with Crippen LogP contribution in [0.25, 0.3) is 0 Å². The average molecular weight is 257 g/mol. The van der Waals surface area contributed by atoms with Gasteiger partial charge in [0, 0.05) is 25.8 Å². The van der Waals surface area contributed by atoms with E-state index in [0.29, 0.717) is 18.8 Å². The molecule has 96 valence electrons. The van der Waals surface area contributed by atoms with Crippen LogP contribution in [0.1, 0.15) is 0 Å². The van der Waals surface area contributed by atoms with Crippen molar-refractivity contribution in [2.24, 2.45) is 0 Å². The highest BCUT2D eigenvalue weighted by Crippen LogP contribution is 2.15. The fraction of sp³-hybridized carbons (Fsp3) is 0.455. The van der Waals surface area contributed by atoms with E-state index in [9.17, 15) is 8.42 Å². The van der Waals surface area contributed by atoms with Gasteiger partial charge < -0.3 is 10.6 Å². The van der Waals surface area contributed by atoms with Gasteiger partial charge in [0.15, 0.2) is 0 Å². The van der Waals surface area contributed by atoms with Crippen LogP contribution in [-0.2, 0) is 10.0 Å². The van der Waals surface area contributed by atoms with Crippen LogP contribution in [-0.4, -0.2) is 51.9 Å². The number of benzene rings is 1. The minimum Gasteiger partial charge on any atom is -0.399 e. The van der Waals surface area contributed by atoms with Gasteiger partial charge in [-0.15, -0.1) is 0 Å². The van der Waals surface area contributed by atoms with Crippen molar-refractivity contribution in [2.45, 2.75) is 4.90 Å². The molecule has 0 aromatic heterocycles. The fourth-order valence-electron chi connectivity index (χ4n) is 1.28. The molecule has 0 radical (unpaired) electrons. The molecule has 0 aliphatic carbocycles. The minimum absolute atomic E-state index is 0.271. The number of nitrogens with zero attached hydrogens (tertiary/aromatic N) is 2. The molecule has 1 rings (SSSR count). The van der Waals surface area contributed by atoms with Crippen LogP contribution in [0, 0.1) is 0 Å². The first kappa shape index (κ1) is 14.0. The summed E-state index contributed by atoms with van der Waals surface area (Å²) in [5.74, 6) is 0. The van der Waals surface area contributed by atoms with Gasteiger partial charge >= 0.3 is 0 Å². The molecule has 0 aliphatic heterocycles. The molecule has 0 bridgehead atoms. The Hall–Kier alpha value is -1.11. The summed E-state index contributed by atoms with van der Waals surface area (Å²) in [6.07, 6.45) is 0. The number of hydrogen-bond donors (Lipinski definition) is 1. The summed E-state index contributed by atoms with van der Waals surface area (Å²) >= 11 is 0. The first-order valence-electron chi connectivity index (χ1n) is 5.30. The summed E-state index contributed by atoms with van der Waals surface area (Å²) in [6, 6.07) is 6.23. The van der Waals surface area contributed by atoms with Crippen molar-refractivity contribution < 1.29 is 8.42 Å². The molecule has 1 aromatic carbocycles. The molecule has 0 fully saturated rings. The van der Waals surface area contributed by atoms with Gasteiger partial charge in [0.1, 0.15) is 0 Å². The smallest absolute Gasteiger partial charge is 0.242 e. The zero-order chi connectivity index (χ0) is 13.1. The molecule has 0 amide bonds. The maximum atomic E-state index is 12.1. The summed E-state index contributed by atoms with van der Waals surface area (Å²) < 4.78 is 25.6. The normalized spacial score (nSPS) is 12.3. The molecule has 6 heteroatoms. The fourth-order valence-corrected chi connectivity index (χ4v) is 2.44. The van der Waals surface area contributed by atoms with Gasteiger partial charge in [-0.1, -0.05) is 0 Å². The SMILES string of the molecule is CN(C)CCN(C)S(=O)(=O)c1ccc(N)cc1. The van der Waals surface area contributed by atoms with Crippen molar-refractivity contribution >= 4 is 15.7 Å². The second-order valence-corrected chi connectivity index (χ2v) is 6.24. The zero-order valence-corrected chi connectivity index (χ0v) is 11.2. The van der Waals surface area contributed by atoms with E-state index in [2.05, 4.69) is 0 Å². The highest BCUT2D eigenvalue weighted by atomic mass is 32.2. The van der Waals surface area contributed by atoms with Crippen LogP contribution in [0.4, 0.5) is 5.69 Å². The molecule has 0 saturated heterocycles. The van der Waals surface area contributed by atoms with Crippen molar-refractivity contribution in [3.63, 3.8) is 0 Å². The number of hydrogen-bond acceptors (Lipinski definition) is 4. The van der Waals surface area contributed by atoms with Gasteiger partial charge in [0.2, 0.25) is 10.0 Å². The van der Waals surface area contributed by atoms with E-state index in [-0.39, 0.29) is 4.90 Å². The summed E-state index contributed by atoms with van der Waals surface area (Å²) in [6.45, 7) is 1.14. The molecular weight excluding hydrogens is 238 g/mol. The van der Waals surface area contributed by atoms with E-state index < -0.39 is 10.0 Å². The molecule has 2 N–H and O–H groups in total. The first-order chi connectivity index (χ1) is 7.84. The van der Waals surface area contributed by atoms with E-state index in [0.717, 1.165) is 0 Å². The second kappa shape index (κ2) is 5.48. The van der Waals surface area contributed by atoms with Gasteiger partial charge in [-0.05, 0) is 38.4 Å². The number of nitrogen functional groups attached to an aromatic ring is 1. The monoisotopic (exact) mass is 257 g/mol. The zero-order valence-electron chi connectivity index (χ0n) is 10.4. The third kappa shape index (κ3) is 3.69. The number of sulfonamides is 1. The van der Waals surface area contributed by atoms with E-state index in [1.165, 1.54) is 16.4 Å². The van der Waals surface area contributed by atoms with Gasteiger partial charge in [-0.25, -0.2) is 8.42 Å². The largest absolute Gasteiger partial charge is 0.399 e. The van der Waals surface area contributed by atoms with Crippen molar-refractivity contribution in [1.82, 2.24) is 9.21 Å². The van der Waals surface area contributed by atoms with Gasteiger partial charge in [-0.3, -0.25) is 0 Å². The first-order valence-corrected chi connectivity index (χ1v) is 6.74. The summed E-state index contributed by atoms with van der Waals surface area (Å²) in [5, 5.41) is 0. The summed E-state index contributed by atoms with van der Waals surface area (Å²) in [5.41, 5.74) is 6.08. The third-order valence-electron chi connectivity index (χ3n) is 2.45. The Morgan fingerprint density at radius 2 is 1.59 bits per heavy atom. The molecule has 0 aliphatic rings. The highest BCUT2D eigenvalue weighted by Gasteiger charge is 2.20. The van der Waals surface area contributed by atoms with Gasteiger partial charge in [0.25, 0.3) is 0 Å². The number of anilines is 1. The molecule has 0 heterocycles. The van der Waals surface area contributed by atoms with E-state index >= 15 is 0 Å². The van der Waals surface area contributed by atoms with E-state index in [1.807, 2.05) is 19.0 Å². The van der Waals surface area contributed by atoms with Crippen molar-refractivity contribution in [3.8, 4) is 0 Å². The Kier molecular flexibility index (Phi) is 4.50. The topological polar surface area (TPSA) is 66.6 Å². The summed E-state index contributed by atoms with van der Waals surface area (Å²) in [4.78, 5) is 2.21. The number of likely N-dealkylation sites (N-methyl/N-ethyl adjacent to an activating group) is 2. The van der Waals surface area contributed by atoms with Crippen LogP contribution in [0.3, 0.4) is 0 Å². The minimum atomic E-state index is -3.40. The van der Waals surface area contributed by atoms with Crippen LogP contribution in [0.15, 0.2) is 29.2 Å². The van der Waals surface area contributed by atoms with Crippen molar-refractivity contribution in [3.05, 3.63) is 24.3 Å². The van der Waals surface area contributed by atoms with Crippen LogP contribution in [0.2, 0.25) is 0 Å². The molecule has 0 saturated carbocycles. The highest BCUT2D eigenvalue weighted by molar-refractivity contribution is 7.89. The Morgan fingerprint density at radius 1 is 1.06 bits per heavy atom. The van der Waals surface area contributed by atoms with Crippen molar-refractivity contribution in [2.75, 3.05) is 40.0 Å². The second-order valence-electron chi connectivity index (χ2n) is 4.20. The Labute approximate surface area is 103 Å². The molecule has 17 heavy (non-hydrogen) atoms. The lowest BCUT2D eigenvalue weighted by molar-refractivity contribution is 0.358. The predicted molar refractivity (Wildman–Crippen MR) is 69.2 cm³/mol. The Morgan fingerprint density at radius 3 is 2.06 bits per heavy atom. The molecule has 0 spiro atoms. The average Bonchev–Trinajstić information content (AvgIpc) is 2.26.